The number of nitrogens with zero attached hydrogens (tertiary/aromatic N) is 1. The molecule has 0 saturated heterocycles. The molecule has 0 aliphatic carbocycles. The summed E-state index contributed by atoms with van der Waals surface area (Å²) in [5, 5.41) is 3.20. The maximum atomic E-state index is 12.4. The summed E-state index contributed by atoms with van der Waals surface area (Å²) in [6, 6.07) is 18.3. The van der Waals surface area contributed by atoms with Gasteiger partial charge < -0.3 is 5.32 Å². The second-order valence-corrected chi connectivity index (χ2v) is 7.71. The zero-order valence-electron chi connectivity index (χ0n) is 14.7. The summed E-state index contributed by atoms with van der Waals surface area (Å²) in [7, 11) is -3.63. The Morgan fingerprint density at radius 1 is 0.962 bits per heavy atom. The second kappa shape index (κ2) is 7.58. The molecule has 2 N–H and O–H groups in total. The summed E-state index contributed by atoms with van der Waals surface area (Å²) >= 11 is 0. The molecule has 1 heterocycles. The van der Waals surface area contributed by atoms with E-state index in [1.165, 1.54) is 11.8 Å². The Hall–Kier alpha value is -2.86. The number of rotatable bonds is 6. The van der Waals surface area contributed by atoms with E-state index < -0.39 is 10.0 Å². The summed E-state index contributed by atoms with van der Waals surface area (Å²) in [6.07, 6.45) is 2.49. The summed E-state index contributed by atoms with van der Waals surface area (Å²) in [6.45, 7) is 3.97. The van der Waals surface area contributed by atoms with Crippen molar-refractivity contribution in [3.63, 3.8) is 0 Å². The minimum absolute atomic E-state index is 0.232. The molecule has 0 spiro atoms. The van der Waals surface area contributed by atoms with Crippen molar-refractivity contribution >= 4 is 27.2 Å². The predicted molar refractivity (Wildman–Crippen MR) is 105 cm³/mol. The van der Waals surface area contributed by atoms with E-state index in [9.17, 15) is 8.42 Å². The molecule has 0 aliphatic heterocycles. The number of sulfonamides is 1. The van der Waals surface area contributed by atoms with Crippen LogP contribution in [0.25, 0.3) is 0 Å². The van der Waals surface area contributed by atoms with Crippen LogP contribution in [0.4, 0.5) is 17.2 Å². The molecule has 5 nitrogen and oxygen atoms in total. The van der Waals surface area contributed by atoms with Crippen LogP contribution in [0.3, 0.4) is 0 Å². The highest BCUT2D eigenvalue weighted by Crippen LogP contribution is 2.20. The van der Waals surface area contributed by atoms with Gasteiger partial charge in [-0.25, -0.2) is 13.4 Å². The van der Waals surface area contributed by atoms with Gasteiger partial charge in [0.2, 0.25) is 0 Å². The fourth-order valence-electron chi connectivity index (χ4n) is 2.50. The normalized spacial score (nSPS) is 11.2. The zero-order valence-corrected chi connectivity index (χ0v) is 15.5. The van der Waals surface area contributed by atoms with Crippen molar-refractivity contribution in [1.82, 2.24) is 4.98 Å². The van der Waals surface area contributed by atoms with Gasteiger partial charge in [-0.15, -0.1) is 0 Å². The van der Waals surface area contributed by atoms with Crippen LogP contribution in [0.1, 0.15) is 18.1 Å². The number of nitrogens with one attached hydrogen (secondary N) is 2. The Morgan fingerprint density at radius 3 is 2.31 bits per heavy atom. The molecule has 0 atom stereocenters. The summed E-state index contributed by atoms with van der Waals surface area (Å²) < 4.78 is 27.4. The fourth-order valence-corrected chi connectivity index (χ4v) is 3.64. The Labute approximate surface area is 154 Å². The van der Waals surface area contributed by atoms with Crippen LogP contribution in [0.5, 0.6) is 0 Å². The maximum absolute atomic E-state index is 12.4. The van der Waals surface area contributed by atoms with Gasteiger partial charge in [-0.1, -0.05) is 31.2 Å². The molecule has 0 unspecified atom stereocenters. The molecule has 134 valence electrons. The number of hydrogen-bond acceptors (Lipinski definition) is 4. The van der Waals surface area contributed by atoms with Crippen molar-refractivity contribution in [2.75, 3.05) is 10.0 Å². The van der Waals surface area contributed by atoms with E-state index in [1.54, 1.807) is 30.3 Å². The van der Waals surface area contributed by atoms with Gasteiger partial charge in [-0.05, 0) is 60.9 Å². The molecular formula is C20H21N3O2S. The van der Waals surface area contributed by atoms with E-state index in [1.807, 2.05) is 25.1 Å². The van der Waals surface area contributed by atoms with E-state index >= 15 is 0 Å². The fraction of sp³-hybridized carbons (Fsp3) is 0.150. The first-order valence-corrected chi connectivity index (χ1v) is 9.86. The van der Waals surface area contributed by atoms with Crippen LogP contribution < -0.4 is 10.0 Å². The molecule has 0 bridgehead atoms. The van der Waals surface area contributed by atoms with Crippen molar-refractivity contribution in [1.29, 1.82) is 0 Å². The van der Waals surface area contributed by atoms with Gasteiger partial charge in [0.05, 0.1) is 16.8 Å². The largest absolute Gasteiger partial charge is 0.340 e. The van der Waals surface area contributed by atoms with E-state index in [0.717, 1.165) is 17.7 Å². The number of aryl methyl sites for hydroxylation is 2. The number of aromatic nitrogens is 1. The molecule has 0 fully saturated rings. The Morgan fingerprint density at radius 2 is 1.69 bits per heavy atom. The monoisotopic (exact) mass is 367 g/mol. The first-order chi connectivity index (χ1) is 12.5. The standard InChI is InChI=1S/C20H21N3O2S/c1-3-16-7-9-17(10-8-16)22-20-12-11-18(14-21-20)23-26(24,25)19-6-4-5-15(2)13-19/h4-14,23H,3H2,1-2H3,(H,21,22). The first kappa shape index (κ1) is 17.9. The second-order valence-electron chi connectivity index (χ2n) is 6.03. The van der Waals surface area contributed by atoms with Crippen LogP contribution in [-0.2, 0) is 16.4 Å². The lowest BCUT2D eigenvalue weighted by Crippen LogP contribution is -2.13. The molecule has 0 aliphatic rings. The van der Waals surface area contributed by atoms with Crippen LogP contribution in [-0.4, -0.2) is 13.4 Å². The molecule has 6 heteroatoms. The maximum Gasteiger partial charge on any atom is 0.261 e. The lowest BCUT2D eigenvalue weighted by atomic mass is 10.1. The van der Waals surface area contributed by atoms with Gasteiger partial charge in [-0.2, -0.15) is 0 Å². The van der Waals surface area contributed by atoms with Crippen molar-refractivity contribution in [3.8, 4) is 0 Å². The number of anilines is 3. The van der Waals surface area contributed by atoms with Crippen LogP contribution >= 0.6 is 0 Å². The summed E-state index contributed by atoms with van der Waals surface area (Å²) in [5.41, 5.74) is 3.50. The van der Waals surface area contributed by atoms with Gasteiger partial charge in [0, 0.05) is 5.69 Å². The smallest absolute Gasteiger partial charge is 0.261 e. The minimum atomic E-state index is -3.63. The average Bonchev–Trinajstić information content (AvgIpc) is 2.64. The molecule has 0 saturated carbocycles. The molecule has 3 rings (SSSR count). The number of hydrogen-bond donors (Lipinski definition) is 2. The number of pyridine rings is 1. The molecule has 0 radical (unpaired) electrons. The SMILES string of the molecule is CCc1ccc(Nc2ccc(NS(=O)(=O)c3cccc(C)c3)cn2)cc1. The topological polar surface area (TPSA) is 71.1 Å². The van der Waals surface area contributed by atoms with Crippen molar-refractivity contribution in [2.24, 2.45) is 0 Å². The van der Waals surface area contributed by atoms with Gasteiger partial charge in [0.1, 0.15) is 5.82 Å². The van der Waals surface area contributed by atoms with Crippen LogP contribution in [0, 0.1) is 6.92 Å². The van der Waals surface area contributed by atoms with Crippen LogP contribution in [0.2, 0.25) is 0 Å². The van der Waals surface area contributed by atoms with E-state index in [2.05, 4.69) is 34.1 Å². The Kier molecular flexibility index (Phi) is 5.23. The highest BCUT2D eigenvalue weighted by Gasteiger charge is 2.14. The molecular weight excluding hydrogens is 346 g/mol. The molecule has 0 amide bonds. The van der Waals surface area contributed by atoms with Gasteiger partial charge in [0.15, 0.2) is 0 Å². The quantitative estimate of drug-likeness (QED) is 0.673. The molecule has 2 aromatic carbocycles. The molecule has 26 heavy (non-hydrogen) atoms. The number of benzene rings is 2. The van der Waals surface area contributed by atoms with Gasteiger partial charge in [0.25, 0.3) is 10.0 Å². The van der Waals surface area contributed by atoms with Gasteiger partial charge in [-0.3, -0.25) is 4.72 Å². The third-order valence-corrected chi connectivity index (χ3v) is 5.33. The average molecular weight is 367 g/mol. The zero-order chi connectivity index (χ0) is 18.6. The van der Waals surface area contributed by atoms with Gasteiger partial charge >= 0.3 is 0 Å². The van der Waals surface area contributed by atoms with Crippen molar-refractivity contribution < 1.29 is 8.42 Å². The Bertz CT molecular complexity index is 982. The first-order valence-electron chi connectivity index (χ1n) is 8.38. The van der Waals surface area contributed by atoms with E-state index in [-0.39, 0.29) is 4.90 Å². The van der Waals surface area contributed by atoms with E-state index in [0.29, 0.717) is 11.5 Å². The third-order valence-electron chi connectivity index (χ3n) is 3.95. The summed E-state index contributed by atoms with van der Waals surface area (Å²) in [5.74, 6) is 0.646. The lowest BCUT2D eigenvalue weighted by molar-refractivity contribution is 0.601. The highest BCUT2D eigenvalue weighted by molar-refractivity contribution is 7.92. The minimum Gasteiger partial charge on any atom is -0.340 e. The van der Waals surface area contributed by atoms with Crippen LogP contribution in [0.15, 0.2) is 71.8 Å². The molecule has 3 aromatic rings. The molecule has 1 aromatic heterocycles. The third kappa shape index (κ3) is 4.40. The summed E-state index contributed by atoms with van der Waals surface area (Å²) in [4.78, 5) is 4.51. The Balaban J connectivity index is 1.71. The van der Waals surface area contributed by atoms with Crippen molar-refractivity contribution in [2.45, 2.75) is 25.2 Å². The lowest BCUT2D eigenvalue weighted by Gasteiger charge is -2.10. The highest BCUT2D eigenvalue weighted by atomic mass is 32.2. The van der Waals surface area contributed by atoms with Crippen molar-refractivity contribution in [3.05, 3.63) is 78.0 Å². The van der Waals surface area contributed by atoms with E-state index in [4.69, 9.17) is 0 Å². The predicted octanol–water partition coefficient (Wildman–Crippen LogP) is 4.50.